The number of carbonyl (C=O) groups is 1. The quantitative estimate of drug-likeness (QED) is 0.859. The molecular weight excluding hydrogens is 280 g/mol. The second-order valence-electron chi connectivity index (χ2n) is 3.90. The van der Waals surface area contributed by atoms with Gasteiger partial charge in [0.1, 0.15) is 10.8 Å². The lowest BCUT2D eigenvalue weighted by atomic mass is 10.3. The normalized spacial score (nSPS) is 10.4. The number of carbonyl (C=O) groups excluding carboxylic acids is 1. The third-order valence-electron chi connectivity index (χ3n) is 2.22. The predicted molar refractivity (Wildman–Crippen MR) is 77.6 cm³/mol. The molecule has 0 saturated carbocycles. The van der Waals surface area contributed by atoms with E-state index in [1.807, 2.05) is 26.0 Å². The number of hydrogen-bond donors (Lipinski definition) is 1. The van der Waals surface area contributed by atoms with Crippen molar-refractivity contribution in [1.82, 2.24) is 15.2 Å². The summed E-state index contributed by atoms with van der Waals surface area (Å²) in [7, 11) is 0. The number of pyridine rings is 1. The summed E-state index contributed by atoms with van der Waals surface area (Å²) in [6.07, 6.45) is 0.429. The molecule has 2 rings (SSSR count). The molecule has 100 valence electrons. The van der Waals surface area contributed by atoms with Gasteiger partial charge in [-0.05, 0) is 26.0 Å². The molecule has 0 aliphatic carbocycles. The number of nitrogens with zero attached hydrogens (tertiary/aromatic N) is 3. The molecule has 7 heteroatoms. The lowest BCUT2D eigenvalue weighted by Crippen LogP contribution is -2.13. The highest BCUT2D eigenvalue weighted by Gasteiger charge is 2.06. The van der Waals surface area contributed by atoms with Gasteiger partial charge < -0.3 is 5.32 Å². The maximum Gasteiger partial charge on any atom is 0.226 e. The van der Waals surface area contributed by atoms with E-state index >= 15 is 0 Å². The molecule has 2 heterocycles. The Bertz CT molecular complexity index is 570. The zero-order valence-corrected chi connectivity index (χ0v) is 12.3. The second-order valence-corrected chi connectivity index (χ2v) is 6.42. The number of rotatable bonds is 5. The van der Waals surface area contributed by atoms with Gasteiger partial charge in [-0.1, -0.05) is 29.2 Å². The van der Waals surface area contributed by atoms with E-state index in [0.717, 1.165) is 15.0 Å². The van der Waals surface area contributed by atoms with Crippen LogP contribution < -0.4 is 5.32 Å². The Kier molecular flexibility index (Phi) is 4.86. The fourth-order valence-corrected chi connectivity index (χ4v) is 3.21. The SMILES string of the molecule is Cc1cccc(NC(=O)CCSc2nnc(C)s2)n1. The molecule has 0 aliphatic rings. The van der Waals surface area contributed by atoms with E-state index in [9.17, 15) is 4.79 Å². The minimum Gasteiger partial charge on any atom is -0.311 e. The molecule has 19 heavy (non-hydrogen) atoms. The Morgan fingerprint density at radius 2 is 2.21 bits per heavy atom. The van der Waals surface area contributed by atoms with Gasteiger partial charge >= 0.3 is 0 Å². The zero-order chi connectivity index (χ0) is 13.7. The van der Waals surface area contributed by atoms with Crippen molar-refractivity contribution in [2.75, 3.05) is 11.1 Å². The topological polar surface area (TPSA) is 67.8 Å². The number of aryl methyl sites for hydroxylation is 2. The van der Waals surface area contributed by atoms with E-state index in [2.05, 4.69) is 20.5 Å². The van der Waals surface area contributed by atoms with E-state index in [1.54, 1.807) is 29.2 Å². The van der Waals surface area contributed by atoms with Crippen LogP contribution in [0.15, 0.2) is 22.5 Å². The smallest absolute Gasteiger partial charge is 0.226 e. The molecule has 0 spiro atoms. The van der Waals surface area contributed by atoms with Gasteiger partial charge in [0.25, 0.3) is 0 Å². The molecule has 0 bridgehead atoms. The van der Waals surface area contributed by atoms with Crippen molar-refractivity contribution < 1.29 is 4.79 Å². The van der Waals surface area contributed by atoms with Gasteiger partial charge in [0.05, 0.1) is 0 Å². The van der Waals surface area contributed by atoms with Crippen molar-refractivity contribution in [2.24, 2.45) is 0 Å². The maximum absolute atomic E-state index is 11.7. The molecule has 0 aromatic carbocycles. The van der Waals surface area contributed by atoms with Crippen molar-refractivity contribution in [3.63, 3.8) is 0 Å². The van der Waals surface area contributed by atoms with E-state index in [-0.39, 0.29) is 5.91 Å². The number of hydrogen-bond acceptors (Lipinski definition) is 6. The van der Waals surface area contributed by atoms with Gasteiger partial charge in [0, 0.05) is 17.9 Å². The fraction of sp³-hybridized carbons (Fsp3) is 0.333. The first kappa shape index (κ1) is 14.0. The Balaban J connectivity index is 1.76. The molecule has 2 aromatic heterocycles. The first-order valence-corrected chi connectivity index (χ1v) is 7.60. The molecule has 0 unspecified atom stereocenters. The highest BCUT2D eigenvalue weighted by Crippen LogP contribution is 2.22. The molecule has 0 radical (unpaired) electrons. The monoisotopic (exact) mass is 294 g/mol. The molecule has 0 saturated heterocycles. The van der Waals surface area contributed by atoms with Crippen molar-refractivity contribution in [1.29, 1.82) is 0 Å². The Labute approximate surface area is 119 Å². The average molecular weight is 294 g/mol. The average Bonchev–Trinajstić information content (AvgIpc) is 2.75. The molecule has 2 aromatic rings. The van der Waals surface area contributed by atoms with Crippen LogP contribution in [0.25, 0.3) is 0 Å². The number of aromatic nitrogens is 3. The summed E-state index contributed by atoms with van der Waals surface area (Å²) in [5.74, 6) is 1.25. The van der Waals surface area contributed by atoms with Crippen LogP contribution in [0.4, 0.5) is 5.82 Å². The molecule has 0 aliphatic heterocycles. The van der Waals surface area contributed by atoms with E-state index in [1.165, 1.54) is 0 Å². The lowest BCUT2D eigenvalue weighted by Gasteiger charge is -2.04. The van der Waals surface area contributed by atoms with Crippen LogP contribution in [0.2, 0.25) is 0 Å². The Morgan fingerprint density at radius 3 is 2.89 bits per heavy atom. The number of thioether (sulfide) groups is 1. The van der Waals surface area contributed by atoms with Crippen molar-refractivity contribution in [2.45, 2.75) is 24.6 Å². The van der Waals surface area contributed by atoms with Gasteiger partial charge in [-0.15, -0.1) is 10.2 Å². The highest BCUT2D eigenvalue weighted by atomic mass is 32.2. The fourth-order valence-electron chi connectivity index (χ4n) is 1.39. The Hall–Kier alpha value is -1.47. The van der Waals surface area contributed by atoms with Crippen LogP contribution >= 0.6 is 23.1 Å². The highest BCUT2D eigenvalue weighted by molar-refractivity contribution is 8.01. The van der Waals surface area contributed by atoms with Crippen LogP contribution in [-0.4, -0.2) is 26.8 Å². The summed E-state index contributed by atoms with van der Waals surface area (Å²) in [5, 5.41) is 11.6. The zero-order valence-electron chi connectivity index (χ0n) is 10.7. The lowest BCUT2D eigenvalue weighted by molar-refractivity contribution is -0.115. The van der Waals surface area contributed by atoms with E-state index < -0.39 is 0 Å². The standard InChI is InChI=1S/C12H14N4OS2/c1-8-4-3-5-10(13-8)14-11(17)6-7-18-12-16-15-9(2)19-12/h3-5H,6-7H2,1-2H3,(H,13,14,17). The number of nitrogens with one attached hydrogen (secondary N) is 1. The minimum atomic E-state index is -0.0353. The first-order chi connectivity index (χ1) is 9.13. The van der Waals surface area contributed by atoms with Gasteiger partial charge in [-0.3, -0.25) is 4.79 Å². The van der Waals surface area contributed by atoms with Crippen molar-refractivity contribution in [3.05, 3.63) is 28.9 Å². The summed E-state index contributed by atoms with van der Waals surface area (Å²) in [5.41, 5.74) is 0.886. The first-order valence-electron chi connectivity index (χ1n) is 5.80. The predicted octanol–water partition coefficient (Wildman–Crippen LogP) is 2.67. The second kappa shape index (κ2) is 6.63. The maximum atomic E-state index is 11.7. The summed E-state index contributed by atoms with van der Waals surface area (Å²) in [6.45, 7) is 3.81. The molecule has 5 nitrogen and oxygen atoms in total. The Morgan fingerprint density at radius 1 is 1.37 bits per heavy atom. The minimum absolute atomic E-state index is 0.0353. The molecule has 0 atom stereocenters. The third-order valence-corrected chi connectivity index (χ3v) is 4.19. The molecule has 1 N–H and O–H groups in total. The molecule has 1 amide bonds. The van der Waals surface area contributed by atoms with Crippen molar-refractivity contribution in [3.8, 4) is 0 Å². The third kappa shape index (κ3) is 4.60. The summed E-state index contributed by atoms with van der Waals surface area (Å²) in [6, 6.07) is 5.55. The van der Waals surface area contributed by atoms with Gasteiger partial charge in [-0.25, -0.2) is 4.98 Å². The molecule has 0 fully saturated rings. The summed E-state index contributed by atoms with van der Waals surface area (Å²) >= 11 is 3.09. The van der Waals surface area contributed by atoms with Crippen LogP contribution in [0.3, 0.4) is 0 Å². The number of amides is 1. The van der Waals surface area contributed by atoms with Crippen LogP contribution in [0, 0.1) is 13.8 Å². The van der Waals surface area contributed by atoms with Gasteiger partial charge in [-0.2, -0.15) is 0 Å². The summed E-state index contributed by atoms with van der Waals surface area (Å²) < 4.78 is 0.902. The number of anilines is 1. The largest absolute Gasteiger partial charge is 0.311 e. The molecular formula is C12H14N4OS2. The van der Waals surface area contributed by atoms with E-state index in [4.69, 9.17) is 0 Å². The van der Waals surface area contributed by atoms with Crippen molar-refractivity contribution >= 4 is 34.8 Å². The van der Waals surface area contributed by atoms with Crippen LogP contribution in [-0.2, 0) is 4.79 Å². The van der Waals surface area contributed by atoms with Gasteiger partial charge in [0.15, 0.2) is 4.34 Å². The van der Waals surface area contributed by atoms with Crippen LogP contribution in [0.5, 0.6) is 0 Å². The van der Waals surface area contributed by atoms with Gasteiger partial charge in [0.2, 0.25) is 5.91 Å². The van der Waals surface area contributed by atoms with E-state index in [0.29, 0.717) is 18.0 Å². The van der Waals surface area contributed by atoms with Crippen LogP contribution in [0.1, 0.15) is 17.1 Å². The summed E-state index contributed by atoms with van der Waals surface area (Å²) in [4.78, 5) is 15.9.